The number of rotatable bonds is 28. The second-order valence-electron chi connectivity index (χ2n) is 22.9. The Morgan fingerprint density at radius 3 is 1.26 bits per heavy atom. The van der Waals surface area contributed by atoms with Gasteiger partial charge in [0.05, 0.1) is 50.0 Å². The Bertz CT molecular complexity index is 3680. The molecule has 0 aromatic heterocycles. The number of aliphatic hydroxyl groups is 1. The number of Topliss-reactive ketones (excluding diaryl/α,β-unsaturated/α-hetero) is 4. The quantitative estimate of drug-likeness (QED) is 0.0115. The van der Waals surface area contributed by atoms with Crippen LogP contribution < -0.4 is 9.47 Å². The number of ether oxygens (including phenoxy) is 5. The normalized spacial score (nSPS) is 17.3. The summed E-state index contributed by atoms with van der Waals surface area (Å²) in [5.74, 6) is -10.8. The zero-order chi connectivity index (χ0) is 67.1. The molecule has 17 heteroatoms. The molecule has 0 aliphatic carbocycles. The highest BCUT2D eigenvalue weighted by atomic mass is 16.6. The fraction of sp³-hybridized carbons (Fsp3) is 0.303. The number of cyclic esters (lactones) is 4. The smallest absolute Gasteiger partial charge is 0.362 e. The van der Waals surface area contributed by atoms with Crippen LogP contribution in [0.5, 0.6) is 11.5 Å². The molecule has 9 rings (SSSR count). The van der Waals surface area contributed by atoms with Crippen molar-refractivity contribution in [2.45, 2.75) is 84.5 Å². The van der Waals surface area contributed by atoms with Crippen molar-refractivity contribution in [1.29, 1.82) is 0 Å². The summed E-state index contributed by atoms with van der Waals surface area (Å²) in [4.78, 5) is 125. The average molecular weight is 1260 g/mol. The third kappa shape index (κ3) is 19.2. The number of carbonyl (C=O) groups excluding carboxylic acids is 9. The van der Waals surface area contributed by atoms with Crippen LogP contribution in [0.1, 0.15) is 140 Å². The van der Waals surface area contributed by atoms with E-state index < -0.39 is 83.2 Å². The van der Waals surface area contributed by atoms with Gasteiger partial charge in [0, 0.05) is 28.2 Å². The molecule has 9 atom stereocenters. The molecular formula is C76H77O17+. The minimum absolute atomic E-state index is 0.00218. The lowest BCUT2D eigenvalue weighted by molar-refractivity contribution is -0.160. The maximum atomic E-state index is 14.1. The van der Waals surface area contributed by atoms with E-state index in [0.717, 1.165) is 28.7 Å². The minimum Gasteiger partial charge on any atom is -0.491 e. The number of aliphatic hydroxyl groups excluding tert-OH is 1. The molecule has 7 aromatic rings. The molecule has 17 nitrogen and oxygen atoms in total. The van der Waals surface area contributed by atoms with Crippen LogP contribution in [0, 0.1) is 56.3 Å². The van der Waals surface area contributed by atoms with E-state index in [9.17, 15) is 53.1 Å². The predicted molar refractivity (Wildman–Crippen MR) is 345 cm³/mol. The summed E-state index contributed by atoms with van der Waals surface area (Å²) in [5.41, 5.74) is 6.39. The van der Waals surface area contributed by atoms with Crippen molar-refractivity contribution in [2.24, 2.45) is 35.5 Å². The van der Waals surface area contributed by atoms with E-state index >= 15 is 0 Å². The molecule has 0 amide bonds. The van der Waals surface area contributed by atoms with Gasteiger partial charge in [-0.1, -0.05) is 171 Å². The molecule has 9 unspecified atom stereocenters. The van der Waals surface area contributed by atoms with Crippen molar-refractivity contribution in [1.82, 2.24) is 0 Å². The predicted octanol–water partition coefficient (Wildman–Crippen LogP) is 12.5. The summed E-state index contributed by atoms with van der Waals surface area (Å²) >= 11 is 0. The van der Waals surface area contributed by atoms with E-state index in [1.165, 1.54) is 0 Å². The van der Waals surface area contributed by atoms with Crippen molar-refractivity contribution in [3.8, 4) is 11.5 Å². The number of hydrogen-bond donors (Lipinski definition) is 2. The van der Waals surface area contributed by atoms with Gasteiger partial charge in [-0.25, -0.2) is 4.79 Å². The second kappa shape index (κ2) is 34.3. The summed E-state index contributed by atoms with van der Waals surface area (Å²) < 4.78 is 26.3. The fourth-order valence-electron chi connectivity index (χ4n) is 11.6. The number of benzene rings is 7. The van der Waals surface area contributed by atoms with Gasteiger partial charge in [-0.15, -0.1) is 0 Å². The molecule has 2 N–H and O–H groups in total. The Balaban J connectivity index is 0.000000253. The zero-order valence-corrected chi connectivity index (χ0v) is 52.7. The first-order chi connectivity index (χ1) is 44.7. The van der Waals surface area contributed by atoms with Crippen molar-refractivity contribution >= 4 is 58.9 Å². The van der Waals surface area contributed by atoms with Gasteiger partial charge in [0.1, 0.15) is 37.2 Å². The number of carboxylic acids is 1. The number of aliphatic carboxylic acids is 1. The number of esters is 5. The molecule has 0 spiro atoms. The molecular weight excluding hydrogens is 1180 g/mol. The first-order valence-corrected chi connectivity index (χ1v) is 30.9. The van der Waals surface area contributed by atoms with E-state index in [0.29, 0.717) is 45.7 Å². The largest absolute Gasteiger partial charge is 0.491 e. The van der Waals surface area contributed by atoms with Gasteiger partial charge in [0.25, 0.3) is 0 Å². The van der Waals surface area contributed by atoms with Gasteiger partial charge in [0.2, 0.25) is 5.92 Å². The summed E-state index contributed by atoms with van der Waals surface area (Å²) in [6.07, 6.45) is 0.649. The first kappa shape index (κ1) is 70.3. The summed E-state index contributed by atoms with van der Waals surface area (Å²) in [5, 5.41) is 19.4. The van der Waals surface area contributed by atoms with Gasteiger partial charge in [-0.05, 0) is 110 Å². The third-order valence-electron chi connectivity index (χ3n) is 16.7. The third-order valence-corrected chi connectivity index (χ3v) is 16.7. The number of carbonyl (C=O) groups is 10. The molecule has 2 saturated heterocycles. The number of carboxylic acid groups (broad SMARTS) is 1. The number of hydrogen-bond acceptors (Lipinski definition) is 16. The van der Waals surface area contributed by atoms with Gasteiger partial charge in [-0.2, -0.15) is 0 Å². The Morgan fingerprint density at radius 1 is 0.484 bits per heavy atom. The highest BCUT2D eigenvalue weighted by Crippen LogP contribution is 2.45. The van der Waals surface area contributed by atoms with E-state index in [1.54, 1.807) is 110 Å². The summed E-state index contributed by atoms with van der Waals surface area (Å²) in [6.45, 7) is 13.0. The standard InChI is InChI=1S/C44H44O10.C18H18O4.C14H15O3/c1-4-34(29-11-7-5-8-12-29)40(36(41(47)48)25-35(30-13-9-6-10-14-30)39-28(3)42(49)54-44(39)51)43(50)53-24-23-52-33-21-19-32(20-22-33)38(46)26-37(45)31-17-15-27(2)16-18-31;1-13-2-4-14(5-3-13)17(20)12-18(21)15-6-8-16(9-7-15)22-11-10-19;1-3-11(10-7-5-4-6-8-10)12-9(2)13(15)17-14(12)16/h5-22,28,34-36,39-40H,4,23-26H2,1-3H3,(H,47,48);2-9,19H,10-12H2,1H3;4-9,11-12H,2-3H2,1H3/q;;+1. The van der Waals surface area contributed by atoms with Gasteiger partial charge >= 0.3 is 35.8 Å². The molecule has 0 bridgehead atoms. The Hall–Kier alpha value is -10.1. The van der Waals surface area contributed by atoms with Crippen molar-refractivity contribution in [3.05, 3.63) is 245 Å². The van der Waals surface area contributed by atoms with Gasteiger partial charge in [-0.3, -0.25) is 43.2 Å². The lowest BCUT2D eigenvalue weighted by atomic mass is 9.69. The highest BCUT2D eigenvalue weighted by molar-refractivity contribution is 6.14. The van der Waals surface area contributed by atoms with E-state index in [1.807, 2.05) is 113 Å². The van der Waals surface area contributed by atoms with Crippen LogP contribution >= 0.6 is 0 Å². The Labute approximate surface area is 541 Å². The SMILES string of the molecule is CCC(c1ccccc1)C(C(=O)OCCOc1ccc(C(=O)CC(=O)c2ccc(C)cc2)cc1)C(CC(c1ccccc1)C1C(=O)OC(=O)C1C)C(=O)O.Cc1ccc(C(=O)CC(=O)c2ccc(OCCO)cc2)cc1.[CH2+]C1C(=O)OC(=O)C1C(CC)c1ccccc1. The molecule has 2 aliphatic rings. The van der Waals surface area contributed by atoms with E-state index in [2.05, 4.69) is 11.7 Å². The lowest BCUT2D eigenvalue weighted by Crippen LogP contribution is -2.38. The van der Waals surface area contributed by atoms with Crippen LogP contribution in [0.25, 0.3) is 0 Å². The van der Waals surface area contributed by atoms with Crippen LogP contribution in [-0.4, -0.2) is 95.6 Å². The van der Waals surface area contributed by atoms with Crippen LogP contribution in [0.2, 0.25) is 0 Å². The van der Waals surface area contributed by atoms with Crippen LogP contribution in [0.4, 0.5) is 0 Å². The fourth-order valence-corrected chi connectivity index (χ4v) is 11.6. The van der Waals surface area contributed by atoms with Crippen molar-refractivity contribution in [2.75, 3.05) is 26.4 Å². The number of aryl methyl sites for hydroxylation is 2. The van der Waals surface area contributed by atoms with E-state index in [-0.39, 0.29) is 74.7 Å². The highest BCUT2D eigenvalue weighted by Gasteiger charge is 2.51. The van der Waals surface area contributed by atoms with Gasteiger partial charge in [0.15, 0.2) is 23.1 Å². The Morgan fingerprint density at radius 2 is 0.882 bits per heavy atom. The lowest BCUT2D eigenvalue weighted by Gasteiger charge is -2.33. The molecule has 2 fully saturated rings. The maximum absolute atomic E-state index is 14.1. The molecule has 7 aromatic carbocycles. The molecule has 0 radical (unpaired) electrons. The molecule has 93 heavy (non-hydrogen) atoms. The van der Waals surface area contributed by atoms with Gasteiger partial charge < -0.3 is 33.9 Å². The molecule has 0 saturated carbocycles. The molecule has 482 valence electrons. The van der Waals surface area contributed by atoms with Crippen LogP contribution in [0.3, 0.4) is 0 Å². The summed E-state index contributed by atoms with van der Waals surface area (Å²) in [7, 11) is 0. The summed E-state index contributed by atoms with van der Waals surface area (Å²) in [6, 6.07) is 54.8. The van der Waals surface area contributed by atoms with E-state index in [4.69, 9.17) is 24.1 Å². The average Bonchev–Trinajstić information content (AvgIpc) is 1.77. The second-order valence-corrected chi connectivity index (χ2v) is 22.9. The Kier molecular flexibility index (Phi) is 26.0. The van der Waals surface area contributed by atoms with Crippen molar-refractivity contribution in [3.63, 3.8) is 0 Å². The molecule has 2 aliphatic heterocycles. The van der Waals surface area contributed by atoms with Crippen LogP contribution in [0.15, 0.2) is 188 Å². The monoisotopic (exact) mass is 1260 g/mol. The maximum Gasteiger partial charge on any atom is 0.362 e. The van der Waals surface area contributed by atoms with Crippen molar-refractivity contribution < 1.29 is 81.8 Å². The molecule has 2 heterocycles. The first-order valence-electron chi connectivity index (χ1n) is 30.9. The number of ketones is 4. The topological polar surface area (TPSA) is 257 Å². The zero-order valence-electron chi connectivity index (χ0n) is 52.7. The minimum atomic E-state index is -1.30. The van der Waals surface area contributed by atoms with Crippen LogP contribution in [-0.2, 0) is 43.0 Å².